The highest BCUT2D eigenvalue weighted by Gasteiger charge is 2.29. The van der Waals surface area contributed by atoms with Crippen LogP contribution in [0, 0.1) is 6.92 Å². The van der Waals surface area contributed by atoms with Crippen LogP contribution in [0.15, 0.2) is 81.0 Å². The van der Waals surface area contributed by atoms with Gasteiger partial charge in [-0.2, -0.15) is 4.31 Å². The lowest BCUT2D eigenvalue weighted by atomic mass is 10.2. The number of para-hydroxylation sites is 1. The normalized spacial score (nSPS) is 11.7. The van der Waals surface area contributed by atoms with Gasteiger partial charge in [-0.1, -0.05) is 29.8 Å². The molecule has 4 rings (SSSR count). The fraction of sp³-hybridized carbons (Fsp3) is 0.208. The van der Waals surface area contributed by atoms with Gasteiger partial charge in [0.1, 0.15) is 11.6 Å². The van der Waals surface area contributed by atoms with Gasteiger partial charge in [-0.3, -0.25) is 9.59 Å². The fourth-order valence-corrected chi connectivity index (χ4v) is 4.81. The highest BCUT2D eigenvalue weighted by molar-refractivity contribution is 7.89. The topological polar surface area (TPSA) is 117 Å². The number of fused-ring (bicyclic) bond motifs is 1. The zero-order valence-electron chi connectivity index (χ0n) is 18.8. The van der Waals surface area contributed by atoms with Gasteiger partial charge in [0, 0.05) is 7.05 Å². The number of benzene rings is 2. The molecule has 0 aliphatic rings. The maximum Gasteiger partial charge on any atom is 0.258 e. The van der Waals surface area contributed by atoms with E-state index in [1.165, 1.54) is 30.3 Å². The summed E-state index contributed by atoms with van der Waals surface area (Å²) in [6.07, 6.45) is 1.45. The predicted molar refractivity (Wildman–Crippen MR) is 126 cm³/mol. The number of aromatic nitrogens is 2. The number of aromatic amines is 1. The zero-order valence-corrected chi connectivity index (χ0v) is 19.6. The van der Waals surface area contributed by atoms with Crippen LogP contribution in [-0.4, -0.2) is 47.1 Å². The standard InChI is InChI=1S/C24H24N4O5S/c1-17-9-11-19(12-10-17)34(31,32)28(14-18-6-5-13-33-18)16-23(29)27(2)15-22-25-21-8-4-3-7-20(21)24(30)26-22/h3-13H,14-16H2,1-2H3,(H,25,26,30). The van der Waals surface area contributed by atoms with Gasteiger partial charge in [0.05, 0.1) is 41.7 Å². The number of furan rings is 1. The van der Waals surface area contributed by atoms with Crippen molar-refractivity contribution in [1.29, 1.82) is 0 Å². The lowest BCUT2D eigenvalue weighted by Crippen LogP contribution is -2.41. The van der Waals surface area contributed by atoms with Crippen LogP contribution in [0.5, 0.6) is 0 Å². The number of sulfonamides is 1. The highest BCUT2D eigenvalue weighted by atomic mass is 32.2. The average Bonchev–Trinajstić information content (AvgIpc) is 3.32. The van der Waals surface area contributed by atoms with Gasteiger partial charge in [0.25, 0.3) is 5.56 Å². The Labute approximate surface area is 196 Å². The molecule has 2 heterocycles. The van der Waals surface area contributed by atoms with Crippen LogP contribution in [0.1, 0.15) is 17.1 Å². The molecule has 1 N–H and O–H groups in total. The molecule has 1 amide bonds. The number of nitrogens with one attached hydrogen (secondary N) is 1. The first-order valence-corrected chi connectivity index (χ1v) is 12.0. The Kier molecular flexibility index (Phi) is 6.62. The Bertz CT molecular complexity index is 1460. The number of hydrogen-bond donors (Lipinski definition) is 1. The van der Waals surface area contributed by atoms with Gasteiger partial charge in [-0.15, -0.1) is 0 Å². The summed E-state index contributed by atoms with van der Waals surface area (Å²) in [5.41, 5.74) is 1.13. The molecular formula is C24H24N4O5S. The second-order valence-corrected chi connectivity index (χ2v) is 9.88. The first-order valence-electron chi connectivity index (χ1n) is 10.5. The second kappa shape index (κ2) is 9.62. The van der Waals surface area contributed by atoms with Crippen molar-refractivity contribution in [3.63, 3.8) is 0 Å². The molecule has 2 aromatic carbocycles. The first kappa shape index (κ1) is 23.4. The van der Waals surface area contributed by atoms with E-state index < -0.39 is 22.5 Å². The maximum atomic E-state index is 13.3. The van der Waals surface area contributed by atoms with Gasteiger partial charge in [0.2, 0.25) is 15.9 Å². The smallest absolute Gasteiger partial charge is 0.258 e. The van der Waals surface area contributed by atoms with Gasteiger partial charge in [-0.05, 0) is 43.3 Å². The van der Waals surface area contributed by atoms with E-state index in [4.69, 9.17) is 4.42 Å². The van der Waals surface area contributed by atoms with Crippen LogP contribution >= 0.6 is 0 Å². The van der Waals surface area contributed by atoms with Gasteiger partial charge in [-0.25, -0.2) is 13.4 Å². The van der Waals surface area contributed by atoms with Crippen molar-refractivity contribution in [2.24, 2.45) is 0 Å². The van der Waals surface area contributed by atoms with E-state index in [-0.39, 0.29) is 23.5 Å². The van der Waals surface area contributed by atoms with Gasteiger partial charge in [0.15, 0.2) is 0 Å². The van der Waals surface area contributed by atoms with Gasteiger partial charge < -0.3 is 14.3 Å². The molecule has 9 nitrogen and oxygen atoms in total. The monoisotopic (exact) mass is 480 g/mol. The van der Waals surface area contributed by atoms with Gasteiger partial charge >= 0.3 is 0 Å². The number of rotatable bonds is 8. The third kappa shape index (κ3) is 5.08. The van der Waals surface area contributed by atoms with Crippen LogP contribution in [0.25, 0.3) is 10.9 Å². The number of amides is 1. The van der Waals surface area contributed by atoms with E-state index in [2.05, 4.69) is 9.97 Å². The molecule has 0 aliphatic carbocycles. The molecule has 34 heavy (non-hydrogen) atoms. The number of hydrogen-bond acceptors (Lipinski definition) is 6. The third-order valence-electron chi connectivity index (χ3n) is 5.36. The molecule has 0 bridgehead atoms. The van der Waals surface area contributed by atoms with Crippen molar-refractivity contribution < 1.29 is 17.6 Å². The minimum absolute atomic E-state index is 0.0120. The summed E-state index contributed by atoms with van der Waals surface area (Å²) >= 11 is 0. The van der Waals surface area contributed by atoms with Crippen molar-refractivity contribution in [2.45, 2.75) is 24.9 Å². The summed E-state index contributed by atoms with van der Waals surface area (Å²) in [6.45, 7) is 1.36. The molecule has 0 aliphatic heterocycles. The summed E-state index contributed by atoms with van der Waals surface area (Å²) < 4.78 is 33.1. The summed E-state index contributed by atoms with van der Waals surface area (Å²) in [7, 11) is -2.45. The predicted octanol–water partition coefficient (Wildman–Crippen LogP) is 2.67. The number of aryl methyl sites for hydroxylation is 1. The molecule has 10 heteroatoms. The van der Waals surface area contributed by atoms with E-state index in [0.29, 0.717) is 22.5 Å². The molecule has 0 saturated carbocycles. The molecule has 2 aromatic heterocycles. The molecule has 0 saturated heterocycles. The minimum Gasteiger partial charge on any atom is -0.468 e. The molecular weight excluding hydrogens is 456 g/mol. The van der Waals surface area contributed by atoms with Crippen LogP contribution < -0.4 is 5.56 Å². The number of likely N-dealkylation sites (N-methyl/N-ethyl adjacent to an activating group) is 1. The maximum absolute atomic E-state index is 13.3. The number of carbonyl (C=O) groups is 1. The number of H-pyrrole nitrogens is 1. The number of nitrogens with zero attached hydrogens (tertiary/aromatic N) is 3. The molecule has 0 radical (unpaired) electrons. The highest BCUT2D eigenvalue weighted by Crippen LogP contribution is 2.20. The Hall–Kier alpha value is -3.76. The lowest BCUT2D eigenvalue weighted by molar-refractivity contribution is -0.130. The Morgan fingerprint density at radius 2 is 1.76 bits per heavy atom. The molecule has 0 atom stereocenters. The molecule has 0 spiro atoms. The quantitative estimate of drug-likeness (QED) is 0.414. The number of carbonyl (C=O) groups excluding carboxylic acids is 1. The summed E-state index contributed by atoms with van der Waals surface area (Å²) in [5.74, 6) is 0.253. The molecule has 0 fully saturated rings. The lowest BCUT2D eigenvalue weighted by Gasteiger charge is -2.24. The Morgan fingerprint density at radius 1 is 1.03 bits per heavy atom. The van der Waals surface area contributed by atoms with Crippen LogP contribution in [0.4, 0.5) is 0 Å². The van der Waals surface area contributed by atoms with Crippen LogP contribution in [0.3, 0.4) is 0 Å². The van der Waals surface area contributed by atoms with E-state index in [1.807, 2.05) is 6.92 Å². The van der Waals surface area contributed by atoms with E-state index >= 15 is 0 Å². The first-order chi connectivity index (χ1) is 16.2. The van der Waals surface area contributed by atoms with Crippen LogP contribution in [-0.2, 0) is 27.9 Å². The van der Waals surface area contributed by atoms with Crippen molar-refractivity contribution in [3.8, 4) is 0 Å². The van der Waals surface area contributed by atoms with E-state index in [0.717, 1.165) is 9.87 Å². The Balaban J connectivity index is 1.56. The second-order valence-electron chi connectivity index (χ2n) is 7.95. The van der Waals surface area contributed by atoms with Crippen molar-refractivity contribution in [2.75, 3.05) is 13.6 Å². The summed E-state index contributed by atoms with van der Waals surface area (Å²) in [5, 5.41) is 0.453. The average molecular weight is 481 g/mol. The van der Waals surface area contributed by atoms with Crippen molar-refractivity contribution >= 4 is 26.8 Å². The fourth-order valence-electron chi connectivity index (χ4n) is 3.46. The molecule has 0 unspecified atom stereocenters. The summed E-state index contributed by atoms with van der Waals surface area (Å²) in [4.78, 5) is 33.9. The molecule has 176 valence electrons. The van der Waals surface area contributed by atoms with Crippen molar-refractivity contribution in [3.05, 3.63) is 94.4 Å². The largest absolute Gasteiger partial charge is 0.468 e. The van der Waals surface area contributed by atoms with E-state index in [9.17, 15) is 18.0 Å². The van der Waals surface area contributed by atoms with Crippen LogP contribution in [0.2, 0.25) is 0 Å². The van der Waals surface area contributed by atoms with E-state index in [1.54, 1.807) is 48.5 Å². The van der Waals surface area contributed by atoms with Crippen molar-refractivity contribution in [1.82, 2.24) is 19.2 Å². The minimum atomic E-state index is -3.98. The summed E-state index contributed by atoms with van der Waals surface area (Å²) in [6, 6.07) is 16.6. The third-order valence-corrected chi connectivity index (χ3v) is 7.16. The zero-order chi connectivity index (χ0) is 24.3. The molecule has 4 aromatic rings. The SMILES string of the molecule is Cc1ccc(S(=O)(=O)N(CC(=O)N(C)Cc2nc3ccccc3c(=O)[nH]2)Cc2ccco2)cc1. The Morgan fingerprint density at radius 3 is 2.47 bits per heavy atom.